The smallest absolute Gasteiger partial charge is 0.344 e. The van der Waals surface area contributed by atoms with Gasteiger partial charge in [-0.05, 0) is 31.5 Å². The molecule has 0 heterocycles. The van der Waals surface area contributed by atoms with Gasteiger partial charge in [0.1, 0.15) is 0 Å². The number of hydrogen-bond donors (Lipinski definition) is 1. The third kappa shape index (κ3) is 6.24. The van der Waals surface area contributed by atoms with Crippen LogP contribution in [0.5, 0.6) is 0 Å². The summed E-state index contributed by atoms with van der Waals surface area (Å²) >= 11 is 0. The molecule has 2 rings (SSSR count). The van der Waals surface area contributed by atoms with Crippen LogP contribution in [0.25, 0.3) is 0 Å². The van der Waals surface area contributed by atoms with E-state index in [1.54, 1.807) is 24.3 Å². The number of nitrogens with zero attached hydrogens (tertiary/aromatic N) is 1. The van der Waals surface area contributed by atoms with Gasteiger partial charge in [-0.2, -0.15) is 0 Å². The first kappa shape index (κ1) is 15.4. The minimum absolute atomic E-state index is 0. The minimum atomic E-state index is -2.31. The zero-order valence-corrected chi connectivity index (χ0v) is 16.3. The Morgan fingerprint density at radius 1 is 1.22 bits per heavy atom. The number of benzene rings is 1. The largest absolute Gasteiger partial charge is 0.450 e. The summed E-state index contributed by atoms with van der Waals surface area (Å²) < 4.78 is 49.4. The lowest BCUT2D eigenvalue weighted by atomic mass is 9.73. The number of esters is 1. The van der Waals surface area contributed by atoms with Crippen molar-refractivity contribution in [1.82, 2.24) is 4.90 Å². The maximum atomic E-state index is 12.9. The first-order chi connectivity index (χ1) is 14.9. The van der Waals surface area contributed by atoms with E-state index < -0.39 is 38.4 Å². The van der Waals surface area contributed by atoms with Gasteiger partial charge in [0.25, 0.3) is 0 Å². The lowest BCUT2D eigenvalue weighted by molar-refractivity contribution is -0.174. The van der Waals surface area contributed by atoms with Gasteiger partial charge >= 0.3 is 5.97 Å². The number of aliphatic hydroxyl groups is 1. The SMILES string of the molecule is Cl.[2H]C([2H])([2H])CN(CC#CCOC(=O)[C@@](O)(c1ccccc1)C1CCCCC1)CC([2H])([2H])[2H]. The summed E-state index contributed by atoms with van der Waals surface area (Å²) in [5, 5.41) is 11.4. The summed E-state index contributed by atoms with van der Waals surface area (Å²) in [7, 11) is 0. The summed E-state index contributed by atoms with van der Waals surface area (Å²) in [5.41, 5.74) is -1.26. The van der Waals surface area contributed by atoms with Crippen molar-refractivity contribution in [3.8, 4) is 11.8 Å². The number of carbonyl (C=O) groups excluding carboxylic acids is 1. The highest BCUT2D eigenvalue weighted by molar-refractivity contribution is 5.85. The normalized spacial score (nSPS) is 20.8. The molecule has 1 N–H and O–H groups in total. The van der Waals surface area contributed by atoms with E-state index in [0.717, 1.165) is 32.1 Å². The molecule has 1 aliphatic rings. The second-order valence-corrected chi connectivity index (χ2v) is 6.54. The van der Waals surface area contributed by atoms with Gasteiger partial charge in [0.05, 0.1) is 6.54 Å². The van der Waals surface area contributed by atoms with Crippen molar-refractivity contribution in [1.29, 1.82) is 0 Å². The Kier molecular flexibility index (Phi) is 6.85. The second-order valence-electron chi connectivity index (χ2n) is 6.54. The van der Waals surface area contributed by atoms with E-state index in [4.69, 9.17) is 13.0 Å². The highest BCUT2D eigenvalue weighted by atomic mass is 35.5. The third-order valence-corrected chi connectivity index (χ3v) is 4.87. The monoisotopic (exact) mass is 399 g/mol. The summed E-state index contributed by atoms with van der Waals surface area (Å²) in [6.07, 6.45) is 4.41. The second kappa shape index (κ2) is 12.0. The van der Waals surface area contributed by atoms with E-state index in [1.165, 1.54) is 4.90 Å². The van der Waals surface area contributed by atoms with E-state index in [2.05, 4.69) is 11.8 Å². The van der Waals surface area contributed by atoms with Crippen LogP contribution in [-0.4, -0.2) is 42.2 Å². The van der Waals surface area contributed by atoms with E-state index in [9.17, 15) is 9.90 Å². The minimum Gasteiger partial charge on any atom is -0.450 e. The predicted octanol–water partition coefficient (Wildman–Crippen LogP) is 3.76. The van der Waals surface area contributed by atoms with Crippen molar-refractivity contribution in [3.63, 3.8) is 0 Å². The fourth-order valence-corrected chi connectivity index (χ4v) is 3.33. The molecule has 1 aromatic rings. The Morgan fingerprint density at radius 3 is 2.52 bits per heavy atom. The van der Waals surface area contributed by atoms with Gasteiger partial charge < -0.3 is 9.84 Å². The molecule has 0 aliphatic heterocycles. The lowest BCUT2D eigenvalue weighted by Gasteiger charge is -2.36. The molecule has 5 heteroatoms. The van der Waals surface area contributed by atoms with Crippen molar-refractivity contribution in [2.24, 2.45) is 5.92 Å². The van der Waals surface area contributed by atoms with Crippen LogP contribution in [0.3, 0.4) is 0 Å². The molecule has 0 saturated heterocycles. The van der Waals surface area contributed by atoms with Gasteiger partial charge in [-0.1, -0.05) is 75.1 Å². The van der Waals surface area contributed by atoms with E-state index in [0.29, 0.717) is 5.56 Å². The molecule has 27 heavy (non-hydrogen) atoms. The van der Waals surface area contributed by atoms with Crippen LogP contribution >= 0.6 is 12.4 Å². The van der Waals surface area contributed by atoms with Crippen LogP contribution < -0.4 is 0 Å². The maximum Gasteiger partial charge on any atom is 0.344 e. The predicted molar refractivity (Wildman–Crippen MR) is 111 cm³/mol. The molecule has 1 aromatic carbocycles. The average molecular weight is 400 g/mol. The molecule has 0 spiro atoms. The Morgan fingerprint density at radius 2 is 1.89 bits per heavy atom. The first-order valence-corrected chi connectivity index (χ1v) is 9.05. The molecule has 0 amide bonds. The Bertz CT molecular complexity index is 784. The Labute approximate surface area is 178 Å². The van der Waals surface area contributed by atoms with Gasteiger partial charge in [-0.15, -0.1) is 12.4 Å². The van der Waals surface area contributed by atoms with E-state index in [-0.39, 0.29) is 31.5 Å². The number of ether oxygens (including phenoxy) is 1. The van der Waals surface area contributed by atoms with Crippen molar-refractivity contribution in [3.05, 3.63) is 35.9 Å². The average Bonchev–Trinajstić information content (AvgIpc) is 2.71. The quantitative estimate of drug-likeness (QED) is 0.560. The summed E-state index contributed by atoms with van der Waals surface area (Å²) in [4.78, 5) is 14.2. The molecule has 1 atom stereocenters. The zero-order valence-electron chi connectivity index (χ0n) is 21.4. The molecular formula is C22H32ClNO3. The number of halogens is 1. The summed E-state index contributed by atoms with van der Waals surface area (Å²) in [6, 6.07) is 8.76. The van der Waals surface area contributed by atoms with Crippen molar-refractivity contribution >= 4 is 18.4 Å². The number of rotatable bonds is 7. The highest BCUT2D eigenvalue weighted by Crippen LogP contribution is 2.40. The molecule has 150 valence electrons. The van der Waals surface area contributed by atoms with Crippen molar-refractivity contribution < 1.29 is 22.9 Å². The fourth-order valence-electron chi connectivity index (χ4n) is 3.33. The van der Waals surface area contributed by atoms with E-state index in [1.807, 2.05) is 6.07 Å². The summed E-state index contributed by atoms with van der Waals surface area (Å²) in [5.74, 6) is 4.31. The van der Waals surface area contributed by atoms with Gasteiger partial charge in [-0.3, -0.25) is 4.90 Å². The molecule has 0 radical (unpaired) electrons. The molecule has 4 nitrogen and oxygen atoms in total. The van der Waals surface area contributed by atoms with Crippen LogP contribution in [0.1, 0.15) is 59.6 Å². The molecule has 1 aliphatic carbocycles. The lowest BCUT2D eigenvalue weighted by Crippen LogP contribution is -2.45. The topological polar surface area (TPSA) is 49.8 Å². The molecule has 0 bridgehead atoms. The number of hydrogen-bond acceptors (Lipinski definition) is 4. The van der Waals surface area contributed by atoms with Crippen LogP contribution in [-0.2, 0) is 15.1 Å². The standard InChI is InChI=1S/C22H31NO3.ClH/c1-3-23(4-2)17-11-12-18-26-21(24)22(25,19-13-7-5-8-14-19)20-15-9-6-10-16-20;/h5,7-8,13-14,20,25H,3-4,6,9-10,15-18H2,1-2H3;1H/t22-;/m1./s1/i1D3,2D3;. The van der Waals surface area contributed by atoms with Crippen LogP contribution in [0.4, 0.5) is 0 Å². The molecular weight excluding hydrogens is 362 g/mol. The molecule has 0 unspecified atom stereocenters. The molecule has 0 aromatic heterocycles. The third-order valence-electron chi connectivity index (χ3n) is 4.87. The van der Waals surface area contributed by atoms with Crippen LogP contribution in [0, 0.1) is 17.8 Å². The number of carbonyl (C=O) groups is 1. The van der Waals surface area contributed by atoms with Crippen LogP contribution in [0.15, 0.2) is 30.3 Å². The molecule has 1 fully saturated rings. The first-order valence-electron chi connectivity index (χ1n) is 12.0. The maximum absolute atomic E-state index is 12.9. The van der Waals surface area contributed by atoms with Crippen molar-refractivity contribution in [2.75, 3.05) is 26.2 Å². The van der Waals surface area contributed by atoms with Gasteiger partial charge in [0.15, 0.2) is 12.2 Å². The van der Waals surface area contributed by atoms with Gasteiger partial charge in [0, 0.05) is 14.1 Å². The summed E-state index contributed by atoms with van der Waals surface area (Å²) in [6.45, 7) is -5.81. The highest BCUT2D eigenvalue weighted by Gasteiger charge is 2.46. The van der Waals surface area contributed by atoms with Gasteiger partial charge in [-0.25, -0.2) is 4.79 Å². The van der Waals surface area contributed by atoms with E-state index >= 15 is 0 Å². The fraction of sp³-hybridized carbons (Fsp3) is 0.591. The Hall–Kier alpha value is -1.54. The molecule has 1 saturated carbocycles. The zero-order chi connectivity index (χ0) is 23.8. The Balaban J connectivity index is 0.00000544. The van der Waals surface area contributed by atoms with Crippen LogP contribution in [0.2, 0.25) is 0 Å². The van der Waals surface area contributed by atoms with Crippen molar-refractivity contribution in [2.45, 2.75) is 51.4 Å². The van der Waals surface area contributed by atoms with Gasteiger partial charge in [0.2, 0.25) is 0 Å².